The molecule has 0 rings (SSSR count). The van der Waals surface area contributed by atoms with Crippen LogP contribution in [0.4, 0.5) is 0 Å². The van der Waals surface area contributed by atoms with E-state index in [1.165, 1.54) is 38.5 Å². The Morgan fingerprint density at radius 2 is 1.69 bits per heavy atom. The summed E-state index contributed by atoms with van der Waals surface area (Å²) in [6.07, 6.45) is 9.18. The Kier molecular flexibility index (Phi) is 8.59. The Hall–Kier alpha value is 0. The first-order valence-electron chi connectivity index (χ1n) is 5.83. The molecule has 0 amide bonds. The number of hydrogen-bond acceptors (Lipinski definition) is 0. The van der Waals surface area contributed by atoms with Crippen LogP contribution in [-0.2, 0) is 0 Å². The highest BCUT2D eigenvalue weighted by molar-refractivity contribution is 4.61. The maximum absolute atomic E-state index is 4.01. The average molecular weight is 182 g/mol. The monoisotopic (exact) mass is 182 g/mol. The Morgan fingerprint density at radius 1 is 1.08 bits per heavy atom. The molecular formula is C13H26. The Labute approximate surface area is 85.1 Å². The molecule has 0 N–H and O–H groups in total. The molecule has 0 aliphatic rings. The summed E-state index contributed by atoms with van der Waals surface area (Å²) in [5.41, 5.74) is 0. The zero-order valence-corrected chi connectivity index (χ0v) is 9.52. The van der Waals surface area contributed by atoms with Gasteiger partial charge in [-0.3, -0.25) is 0 Å². The molecule has 2 atom stereocenters. The first-order valence-corrected chi connectivity index (χ1v) is 5.83. The van der Waals surface area contributed by atoms with E-state index in [0.717, 1.165) is 12.3 Å². The van der Waals surface area contributed by atoms with Crippen molar-refractivity contribution in [3.8, 4) is 0 Å². The van der Waals surface area contributed by atoms with Gasteiger partial charge in [-0.15, -0.1) is 0 Å². The van der Waals surface area contributed by atoms with Gasteiger partial charge in [-0.2, -0.15) is 0 Å². The summed E-state index contributed by atoms with van der Waals surface area (Å²) in [5, 5.41) is 0. The minimum absolute atomic E-state index is 0.630. The van der Waals surface area contributed by atoms with Crippen LogP contribution in [0.1, 0.15) is 58.8 Å². The lowest BCUT2D eigenvalue weighted by atomic mass is 9.92. The Morgan fingerprint density at radius 3 is 2.15 bits per heavy atom. The SMILES string of the molecule is [CH2]CCCC(CC)CCCC([CH2])C. The van der Waals surface area contributed by atoms with Crippen molar-refractivity contribution in [2.75, 3.05) is 0 Å². The highest BCUT2D eigenvalue weighted by Gasteiger charge is 2.05. The first kappa shape index (κ1) is 13.0. The molecule has 2 radical (unpaired) electrons. The van der Waals surface area contributed by atoms with Crippen LogP contribution in [0, 0.1) is 25.7 Å². The van der Waals surface area contributed by atoms with Crippen LogP contribution in [0.25, 0.3) is 0 Å². The van der Waals surface area contributed by atoms with Crippen LogP contribution in [0.5, 0.6) is 0 Å². The predicted molar refractivity (Wildman–Crippen MR) is 61.4 cm³/mol. The van der Waals surface area contributed by atoms with Crippen molar-refractivity contribution >= 4 is 0 Å². The molecule has 0 bridgehead atoms. The number of unbranched alkanes of at least 4 members (excludes halogenated alkanes) is 1. The van der Waals surface area contributed by atoms with Crippen molar-refractivity contribution in [1.29, 1.82) is 0 Å². The quantitative estimate of drug-likeness (QED) is 0.512. The van der Waals surface area contributed by atoms with Crippen molar-refractivity contribution < 1.29 is 0 Å². The summed E-state index contributed by atoms with van der Waals surface area (Å²) < 4.78 is 0. The molecule has 2 unspecified atom stereocenters. The summed E-state index contributed by atoms with van der Waals surface area (Å²) in [5.74, 6) is 1.57. The highest BCUT2D eigenvalue weighted by Crippen LogP contribution is 2.20. The van der Waals surface area contributed by atoms with Crippen molar-refractivity contribution in [3.63, 3.8) is 0 Å². The van der Waals surface area contributed by atoms with Gasteiger partial charge in [-0.1, -0.05) is 72.6 Å². The van der Waals surface area contributed by atoms with Crippen LogP contribution < -0.4 is 0 Å². The van der Waals surface area contributed by atoms with E-state index in [2.05, 4.69) is 27.7 Å². The molecule has 0 heterocycles. The van der Waals surface area contributed by atoms with Gasteiger partial charge in [0.15, 0.2) is 0 Å². The molecule has 0 aliphatic carbocycles. The molecule has 0 nitrogen and oxygen atoms in total. The fourth-order valence-electron chi connectivity index (χ4n) is 1.74. The van der Waals surface area contributed by atoms with Gasteiger partial charge in [0, 0.05) is 0 Å². The predicted octanol–water partition coefficient (Wildman–Crippen LogP) is 4.66. The fraction of sp³-hybridized carbons (Fsp3) is 0.846. The minimum atomic E-state index is 0.630. The van der Waals surface area contributed by atoms with Gasteiger partial charge >= 0.3 is 0 Å². The topological polar surface area (TPSA) is 0 Å². The maximum atomic E-state index is 4.01. The molecule has 0 heteroatoms. The molecule has 0 aromatic heterocycles. The zero-order valence-electron chi connectivity index (χ0n) is 9.52. The number of rotatable bonds is 8. The van der Waals surface area contributed by atoms with Gasteiger partial charge in [0.2, 0.25) is 0 Å². The lowest BCUT2D eigenvalue weighted by molar-refractivity contribution is 0.397. The van der Waals surface area contributed by atoms with Gasteiger partial charge in [0.05, 0.1) is 0 Å². The fourth-order valence-corrected chi connectivity index (χ4v) is 1.74. The van der Waals surface area contributed by atoms with Crippen LogP contribution in [-0.4, -0.2) is 0 Å². The van der Waals surface area contributed by atoms with E-state index in [1.807, 2.05) is 0 Å². The molecule has 0 aliphatic heterocycles. The van der Waals surface area contributed by atoms with Crippen molar-refractivity contribution in [1.82, 2.24) is 0 Å². The summed E-state index contributed by atoms with van der Waals surface area (Å²) in [6.45, 7) is 12.4. The van der Waals surface area contributed by atoms with Gasteiger partial charge < -0.3 is 0 Å². The second-order valence-corrected chi connectivity index (χ2v) is 4.31. The van der Waals surface area contributed by atoms with Crippen molar-refractivity contribution in [2.45, 2.75) is 58.8 Å². The normalized spacial score (nSPS) is 13.6. The zero-order chi connectivity index (χ0) is 10.1. The molecule has 78 valence electrons. The van der Waals surface area contributed by atoms with Crippen molar-refractivity contribution in [3.05, 3.63) is 13.8 Å². The molecule has 0 saturated heterocycles. The average Bonchev–Trinajstić information content (AvgIpc) is 2.10. The van der Waals surface area contributed by atoms with Gasteiger partial charge in [-0.25, -0.2) is 0 Å². The first-order chi connectivity index (χ1) is 6.20. The Balaban J connectivity index is 3.36. The van der Waals surface area contributed by atoms with E-state index in [0.29, 0.717) is 5.92 Å². The van der Waals surface area contributed by atoms with Crippen LogP contribution in [0.15, 0.2) is 0 Å². The summed E-state index contributed by atoms with van der Waals surface area (Å²) >= 11 is 0. The summed E-state index contributed by atoms with van der Waals surface area (Å²) in [7, 11) is 0. The third-order valence-electron chi connectivity index (χ3n) is 2.75. The van der Waals surface area contributed by atoms with Crippen LogP contribution in [0.2, 0.25) is 0 Å². The van der Waals surface area contributed by atoms with E-state index in [-0.39, 0.29) is 0 Å². The standard InChI is InChI=1S/C13H26/c1-5-7-10-13(6-2)11-8-9-12(3)4/h12-13H,1,3,5-11H2,2,4H3. The lowest BCUT2D eigenvalue weighted by Gasteiger charge is -2.14. The molecule has 0 aromatic carbocycles. The maximum Gasteiger partial charge on any atom is -0.0417 e. The minimum Gasteiger partial charge on any atom is -0.0651 e. The second-order valence-electron chi connectivity index (χ2n) is 4.31. The van der Waals surface area contributed by atoms with E-state index in [4.69, 9.17) is 0 Å². The summed E-state index contributed by atoms with van der Waals surface area (Å²) in [4.78, 5) is 0. The molecule has 0 fully saturated rings. The third-order valence-corrected chi connectivity index (χ3v) is 2.75. The van der Waals surface area contributed by atoms with Crippen LogP contribution >= 0.6 is 0 Å². The second kappa shape index (κ2) is 8.59. The summed E-state index contributed by atoms with van der Waals surface area (Å²) in [6, 6.07) is 0. The van der Waals surface area contributed by atoms with E-state index in [9.17, 15) is 0 Å². The third kappa shape index (κ3) is 8.33. The lowest BCUT2D eigenvalue weighted by Crippen LogP contribution is -2.00. The molecule has 0 spiro atoms. The van der Waals surface area contributed by atoms with E-state index >= 15 is 0 Å². The number of hydrogen-bond donors (Lipinski definition) is 0. The largest absolute Gasteiger partial charge is 0.0651 e. The Bertz CT molecular complexity index is 94.2. The molecular weight excluding hydrogens is 156 g/mol. The van der Waals surface area contributed by atoms with Crippen molar-refractivity contribution in [2.24, 2.45) is 11.8 Å². The van der Waals surface area contributed by atoms with Gasteiger partial charge in [0.25, 0.3) is 0 Å². The highest BCUT2D eigenvalue weighted by atomic mass is 14.1. The molecule has 13 heavy (non-hydrogen) atoms. The molecule has 0 saturated carbocycles. The van der Waals surface area contributed by atoms with E-state index in [1.54, 1.807) is 0 Å². The smallest absolute Gasteiger partial charge is 0.0417 e. The van der Waals surface area contributed by atoms with Gasteiger partial charge in [0.1, 0.15) is 0 Å². The van der Waals surface area contributed by atoms with Gasteiger partial charge in [-0.05, 0) is 11.8 Å². The van der Waals surface area contributed by atoms with Crippen LogP contribution in [0.3, 0.4) is 0 Å². The molecule has 0 aromatic rings. The van der Waals surface area contributed by atoms with E-state index < -0.39 is 0 Å².